The Morgan fingerprint density at radius 3 is 2.47 bits per heavy atom. The lowest BCUT2D eigenvalue weighted by Crippen LogP contribution is -2.39. The van der Waals surface area contributed by atoms with Crippen LogP contribution in [-0.2, 0) is 20.1 Å². The van der Waals surface area contributed by atoms with E-state index >= 15 is 0 Å². The second-order valence-electron chi connectivity index (χ2n) is 7.21. The van der Waals surface area contributed by atoms with Gasteiger partial charge in [0.05, 0.1) is 6.54 Å². The van der Waals surface area contributed by atoms with E-state index in [1.807, 2.05) is 12.1 Å². The molecule has 0 amide bonds. The number of fused-ring (bicyclic) bond motifs is 1. The van der Waals surface area contributed by atoms with Gasteiger partial charge in [-0.1, -0.05) is 41.4 Å². The van der Waals surface area contributed by atoms with Crippen LogP contribution in [-0.4, -0.2) is 30.4 Å². The molecular formula is C22H20Cl2N4O4. The van der Waals surface area contributed by atoms with Gasteiger partial charge in [0.15, 0.2) is 11.2 Å². The highest BCUT2D eigenvalue weighted by atomic mass is 35.5. The Hall–Kier alpha value is -3.07. The molecule has 2 heterocycles. The van der Waals surface area contributed by atoms with E-state index in [0.717, 1.165) is 10.1 Å². The average Bonchev–Trinajstić information content (AvgIpc) is 3.12. The van der Waals surface area contributed by atoms with Crippen molar-refractivity contribution < 1.29 is 9.84 Å². The minimum absolute atomic E-state index is 0.0918. The summed E-state index contributed by atoms with van der Waals surface area (Å²) in [5, 5.41) is 10.2. The van der Waals surface area contributed by atoms with Gasteiger partial charge in [0.25, 0.3) is 5.56 Å². The number of aliphatic hydroxyl groups is 1. The predicted molar refractivity (Wildman–Crippen MR) is 123 cm³/mol. The van der Waals surface area contributed by atoms with Crippen LogP contribution >= 0.6 is 23.2 Å². The Morgan fingerprint density at radius 2 is 1.78 bits per heavy atom. The summed E-state index contributed by atoms with van der Waals surface area (Å²) in [6.07, 6.45) is 0.276. The third-order valence-corrected chi connectivity index (χ3v) is 5.48. The zero-order valence-electron chi connectivity index (χ0n) is 17.2. The maximum atomic E-state index is 13.3. The van der Waals surface area contributed by atoms with Crippen molar-refractivity contribution in [2.75, 3.05) is 6.61 Å². The highest BCUT2D eigenvalue weighted by molar-refractivity contribution is 6.30. The monoisotopic (exact) mass is 474 g/mol. The first-order valence-electron chi connectivity index (χ1n) is 9.88. The molecule has 8 nitrogen and oxygen atoms in total. The lowest BCUT2D eigenvalue weighted by molar-refractivity contribution is 0.277. The molecule has 10 heteroatoms. The van der Waals surface area contributed by atoms with Gasteiger partial charge in [-0.25, -0.2) is 4.79 Å². The van der Waals surface area contributed by atoms with E-state index in [1.54, 1.807) is 48.0 Å². The van der Waals surface area contributed by atoms with E-state index in [4.69, 9.17) is 27.9 Å². The smallest absolute Gasteiger partial charge is 0.332 e. The molecule has 2 aromatic carbocycles. The van der Waals surface area contributed by atoms with Crippen LogP contribution in [0, 0.1) is 0 Å². The maximum absolute atomic E-state index is 13.3. The number of nitrogens with zero attached hydrogens (tertiary/aromatic N) is 4. The molecule has 166 valence electrons. The van der Waals surface area contributed by atoms with Gasteiger partial charge < -0.3 is 9.84 Å². The van der Waals surface area contributed by atoms with Crippen molar-refractivity contribution >= 4 is 34.4 Å². The number of aromatic nitrogens is 4. The van der Waals surface area contributed by atoms with Crippen molar-refractivity contribution in [2.24, 2.45) is 7.05 Å². The molecule has 0 radical (unpaired) electrons. The lowest BCUT2D eigenvalue weighted by atomic mass is 10.2. The molecule has 0 spiro atoms. The van der Waals surface area contributed by atoms with Crippen LogP contribution in [0.15, 0.2) is 58.1 Å². The fourth-order valence-electron chi connectivity index (χ4n) is 3.41. The Bertz CT molecular complexity index is 1390. The summed E-state index contributed by atoms with van der Waals surface area (Å²) in [5.41, 5.74) is 0.267. The van der Waals surface area contributed by atoms with Crippen LogP contribution in [0.25, 0.3) is 11.2 Å². The van der Waals surface area contributed by atoms with Gasteiger partial charge in [-0.05, 0) is 42.3 Å². The van der Waals surface area contributed by atoms with E-state index < -0.39 is 11.2 Å². The molecular weight excluding hydrogens is 455 g/mol. The number of benzene rings is 2. The highest BCUT2D eigenvalue weighted by Gasteiger charge is 2.22. The molecule has 4 aromatic rings. The second kappa shape index (κ2) is 9.20. The number of hydrogen-bond donors (Lipinski definition) is 1. The minimum Gasteiger partial charge on any atom is -0.425 e. The first kappa shape index (κ1) is 22.1. The number of aryl methyl sites for hydroxylation is 1. The summed E-state index contributed by atoms with van der Waals surface area (Å²) >= 11 is 12.1. The van der Waals surface area contributed by atoms with Gasteiger partial charge in [0.2, 0.25) is 0 Å². The van der Waals surface area contributed by atoms with E-state index in [-0.39, 0.29) is 43.3 Å². The summed E-state index contributed by atoms with van der Waals surface area (Å²) in [6.45, 7) is 0.215. The van der Waals surface area contributed by atoms with E-state index in [9.17, 15) is 14.7 Å². The molecule has 1 N–H and O–H groups in total. The summed E-state index contributed by atoms with van der Waals surface area (Å²) in [5.74, 6) is 0.441. The van der Waals surface area contributed by atoms with Crippen LogP contribution in [0.3, 0.4) is 0 Å². The first-order valence-corrected chi connectivity index (χ1v) is 10.6. The summed E-state index contributed by atoms with van der Waals surface area (Å²) in [7, 11) is 1.54. The van der Waals surface area contributed by atoms with Crippen LogP contribution in [0.5, 0.6) is 11.8 Å². The third kappa shape index (κ3) is 4.29. The highest BCUT2D eigenvalue weighted by Crippen LogP contribution is 2.27. The number of hydrogen-bond acceptors (Lipinski definition) is 5. The van der Waals surface area contributed by atoms with E-state index in [1.165, 1.54) is 4.57 Å². The van der Waals surface area contributed by atoms with Crippen LogP contribution in [0.1, 0.15) is 12.0 Å². The zero-order valence-corrected chi connectivity index (χ0v) is 18.7. The SMILES string of the molecule is Cn1c(=O)n(CCCO)c(=O)c2c1nc(Oc1cccc(Cl)c1)n2Cc1ccc(Cl)cc1. The van der Waals surface area contributed by atoms with E-state index in [0.29, 0.717) is 15.8 Å². The standard InChI is InChI=1S/C22H20Cl2N4O4/c1-26-19-18(20(30)27(22(26)31)10-3-11-29)28(13-14-6-8-15(23)9-7-14)21(25-19)32-17-5-2-4-16(24)12-17/h2,4-9,12,29H,3,10-11,13H2,1H3. The molecule has 0 fully saturated rings. The van der Waals surface area contributed by atoms with Gasteiger partial charge in [0.1, 0.15) is 5.75 Å². The molecule has 4 rings (SSSR count). The van der Waals surface area contributed by atoms with Gasteiger partial charge in [-0.15, -0.1) is 0 Å². The zero-order chi connectivity index (χ0) is 22.8. The number of rotatable bonds is 7. The Kier molecular flexibility index (Phi) is 6.36. The largest absolute Gasteiger partial charge is 0.425 e. The topological polar surface area (TPSA) is 91.3 Å². The second-order valence-corrected chi connectivity index (χ2v) is 8.09. The normalized spacial score (nSPS) is 11.2. The number of halogens is 2. The molecule has 32 heavy (non-hydrogen) atoms. The molecule has 2 aromatic heterocycles. The van der Waals surface area contributed by atoms with Gasteiger partial charge >= 0.3 is 11.7 Å². The number of imidazole rings is 1. The molecule has 0 unspecified atom stereocenters. The van der Waals surface area contributed by atoms with Crippen molar-refractivity contribution in [3.05, 3.63) is 85.0 Å². The quantitative estimate of drug-likeness (QED) is 0.442. The van der Waals surface area contributed by atoms with Crippen molar-refractivity contribution in [1.82, 2.24) is 18.7 Å². The van der Waals surface area contributed by atoms with Crippen molar-refractivity contribution in [3.8, 4) is 11.8 Å². The van der Waals surface area contributed by atoms with Gasteiger partial charge in [-0.3, -0.25) is 18.5 Å². The minimum atomic E-state index is -0.513. The Balaban J connectivity index is 1.93. The van der Waals surface area contributed by atoms with E-state index in [2.05, 4.69) is 4.98 Å². The Labute approximate surface area is 192 Å². The average molecular weight is 475 g/mol. The maximum Gasteiger partial charge on any atom is 0.332 e. The molecule has 0 saturated carbocycles. The fourth-order valence-corrected chi connectivity index (χ4v) is 3.72. The van der Waals surface area contributed by atoms with Crippen molar-refractivity contribution in [2.45, 2.75) is 19.5 Å². The summed E-state index contributed by atoms with van der Waals surface area (Å²) < 4.78 is 10.0. The van der Waals surface area contributed by atoms with Crippen LogP contribution in [0.4, 0.5) is 0 Å². The molecule has 0 aliphatic carbocycles. The Morgan fingerprint density at radius 1 is 1.03 bits per heavy atom. The molecule has 0 aliphatic rings. The molecule has 0 aliphatic heterocycles. The third-order valence-electron chi connectivity index (χ3n) is 5.00. The number of ether oxygens (including phenoxy) is 1. The fraction of sp³-hybridized carbons (Fsp3) is 0.227. The number of aliphatic hydroxyl groups excluding tert-OH is 1. The van der Waals surface area contributed by atoms with Crippen molar-refractivity contribution in [3.63, 3.8) is 0 Å². The molecule has 0 atom stereocenters. The predicted octanol–water partition coefficient (Wildman–Crippen LogP) is 3.43. The van der Waals surface area contributed by atoms with Crippen LogP contribution in [0.2, 0.25) is 10.0 Å². The lowest BCUT2D eigenvalue weighted by Gasteiger charge is -2.11. The first-order chi connectivity index (χ1) is 15.4. The van der Waals surface area contributed by atoms with Gasteiger partial charge in [-0.2, -0.15) is 4.98 Å². The summed E-state index contributed by atoms with van der Waals surface area (Å²) in [4.78, 5) is 30.5. The van der Waals surface area contributed by atoms with Crippen molar-refractivity contribution in [1.29, 1.82) is 0 Å². The summed E-state index contributed by atoms with van der Waals surface area (Å²) in [6, 6.07) is 14.1. The molecule has 0 saturated heterocycles. The van der Waals surface area contributed by atoms with Gasteiger partial charge in [0, 0.05) is 30.2 Å². The van der Waals surface area contributed by atoms with Crippen LogP contribution < -0.4 is 16.0 Å². The molecule has 0 bridgehead atoms.